The Kier molecular flexibility index (Phi) is 6.37. The molecule has 5 rings (SSSR count). The van der Waals surface area contributed by atoms with Gasteiger partial charge in [0, 0.05) is 24.1 Å². The van der Waals surface area contributed by atoms with Gasteiger partial charge in [-0.25, -0.2) is 4.52 Å². The van der Waals surface area contributed by atoms with Crippen molar-refractivity contribution in [1.29, 1.82) is 0 Å². The fourth-order valence-electron chi connectivity index (χ4n) is 4.42. The number of hydrogen-bond donors (Lipinski definition) is 0. The smallest absolute Gasteiger partial charge is 0.257 e. The molecule has 34 heavy (non-hydrogen) atoms. The molecule has 2 aromatic heterocycles. The molecule has 1 atom stereocenters. The zero-order valence-corrected chi connectivity index (χ0v) is 19.3. The molecule has 1 saturated carbocycles. The molecule has 6 nitrogen and oxygen atoms in total. The number of aromatic nitrogens is 2. The number of ketones is 1. The van der Waals surface area contributed by atoms with Gasteiger partial charge in [-0.15, -0.1) is 0 Å². The van der Waals surface area contributed by atoms with Crippen LogP contribution < -0.4 is 9.47 Å². The number of pyridine rings is 1. The van der Waals surface area contributed by atoms with Crippen molar-refractivity contribution in [2.75, 3.05) is 20.3 Å². The molecule has 1 aliphatic carbocycles. The third-order valence-electron chi connectivity index (χ3n) is 6.66. The first-order chi connectivity index (χ1) is 16.6. The van der Waals surface area contributed by atoms with Gasteiger partial charge in [0.2, 0.25) is 0 Å². The van der Waals surface area contributed by atoms with Crippen molar-refractivity contribution in [3.63, 3.8) is 0 Å². The third kappa shape index (κ3) is 4.57. The normalized spacial score (nSPS) is 16.8. The van der Waals surface area contributed by atoms with Crippen LogP contribution in [0, 0.1) is 5.92 Å². The highest BCUT2D eigenvalue weighted by Gasteiger charge is 2.26. The number of alkyl halides is 1. The highest BCUT2D eigenvalue weighted by Crippen LogP contribution is 2.39. The molecule has 2 aliphatic rings. The topological polar surface area (TPSA) is 62.1 Å². The third-order valence-corrected chi connectivity index (χ3v) is 6.66. The second kappa shape index (κ2) is 9.58. The van der Waals surface area contributed by atoms with Gasteiger partial charge in [-0.1, -0.05) is 31.9 Å². The molecule has 0 bridgehead atoms. The Hall–Kier alpha value is -3.19. The molecule has 178 valence electrons. The monoisotopic (exact) mass is 464 g/mol. The minimum Gasteiger partial charge on any atom is -0.496 e. The fourth-order valence-corrected chi connectivity index (χ4v) is 4.42. The summed E-state index contributed by atoms with van der Waals surface area (Å²) in [5, 5.41) is 4.52. The van der Waals surface area contributed by atoms with Gasteiger partial charge in [0.1, 0.15) is 17.1 Å². The molecule has 1 aliphatic heterocycles. The molecule has 1 unspecified atom stereocenters. The van der Waals surface area contributed by atoms with Gasteiger partial charge < -0.3 is 14.2 Å². The van der Waals surface area contributed by atoms with E-state index >= 15 is 0 Å². The van der Waals surface area contributed by atoms with E-state index in [0.29, 0.717) is 18.1 Å². The average molecular weight is 465 g/mol. The first-order valence-corrected chi connectivity index (χ1v) is 11.8. The van der Waals surface area contributed by atoms with Gasteiger partial charge in [-0.3, -0.25) is 4.79 Å². The van der Waals surface area contributed by atoms with Crippen LogP contribution in [0.2, 0.25) is 0 Å². The van der Waals surface area contributed by atoms with E-state index in [-0.39, 0.29) is 17.1 Å². The Morgan fingerprint density at radius 3 is 2.79 bits per heavy atom. The molecular weight excluding hydrogens is 435 g/mol. The Balaban J connectivity index is 1.51. The number of Topliss-reactive ketones (excluding diaryl/α,β-unsaturated/α-hetero) is 1. The van der Waals surface area contributed by atoms with Crippen molar-refractivity contribution in [1.82, 2.24) is 9.61 Å². The minimum atomic E-state index is -1.74. The van der Waals surface area contributed by atoms with E-state index in [4.69, 9.17) is 14.2 Å². The number of halogens is 1. The summed E-state index contributed by atoms with van der Waals surface area (Å²) in [6.45, 7) is 4.91. The number of nitrogens with zero attached hydrogens (tertiary/aromatic N) is 2. The van der Waals surface area contributed by atoms with Crippen molar-refractivity contribution in [2.24, 2.45) is 5.92 Å². The van der Waals surface area contributed by atoms with Crippen molar-refractivity contribution >= 4 is 11.3 Å². The Morgan fingerprint density at radius 2 is 2.12 bits per heavy atom. The highest BCUT2D eigenvalue weighted by atomic mass is 19.1. The predicted octanol–water partition coefficient (Wildman–Crippen LogP) is 5.75. The van der Waals surface area contributed by atoms with Crippen molar-refractivity contribution in [3.8, 4) is 22.6 Å². The van der Waals surface area contributed by atoms with E-state index in [2.05, 4.69) is 17.7 Å². The number of fused-ring (bicyclic) bond motifs is 1. The summed E-state index contributed by atoms with van der Waals surface area (Å²) >= 11 is 0. The summed E-state index contributed by atoms with van der Waals surface area (Å²) in [5.41, 5.74) is 3.90. The standard InChI is InChI=1S/C27H29FN2O4/c1-3-26(28)34-25-12-19(11-24(32-2)27(25)23(31)6-4-5-17-7-8-17)21-13-29-30-14-18(9-10-22(21)30)20-15-33-16-20/h3,9-14,17,20,26H,1,4-8,15-16H2,2H3. The molecule has 0 spiro atoms. The van der Waals surface area contributed by atoms with Crippen LogP contribution in [-0.2, 0) is 4.74 Å². The largest absolute Gasteiger partial charge is 0.496 e. The van der Waals surface area contributed by atoms with Crippen molar-refractivity contribution in [2.45, 2.75) is 44.4 Å². The lowest BCUT2D eigenvalue weighted by molar-refractivity contribution is 0.00824. The Labute approximate surface area is 198 Å². The zero-order chi connectivity index (χ0) is 23.7. The number of carbonyl (C=O) groups is 1. The SMILES string of the molecule is C=CC(F)Oc1cc(-c2cnn3cc(C4COC4)ccc23)cc(OC)c1C(=O)CCCC1CC1. The van der Waals surface area contributed by atoms with Gasteiger partial charge in [-0.2, -0.15) is 9.49 Å². The van der Waals surface area contributed by atoms with Gasteiger partial charge >= 0.3 is 0 Å². The lowest BCUT2D eigenvalue weighted by Gasteiger charge is -2.26. The number of ether oxygens (including phenoxy) is 3. The predicted molar refractivity (Wildman–Crippen MR) is 127 cm³/mol. The summed E-state index contributed by atoms with van der Waals surface area (Å²) < 4.78 is 32.5. The summed E-state index contributed by atoms with van der Waals surface area (Å²) in [4.78, 5) is 13.1. The molecule has 7 heteroatoms. The Bertz CT molecular complexity index is 1210. The zero-order valence-electron chi connectivity index (χ0n) is 19.3. The quantitative estimate of drug-likeness (QED) is 0.267. The second-order valence-electron chi connectivity index (χ2n) is 9.10. The van der Waals surface area contributed by atoms with Crippen LogP contribution in [0.4, 0.5) is 4.39 Å². The molecular formula is C27H29FN2O4. The maximum absolute atomic E-state index is 14.2. The Morgan fingerprint density at radius 1 is 1.32 bits per heavy atom. The molecule has 0 amide bonds. The van der Waals surface area contributed by atoms with E-state index in [1.807, 2.05) is 16.8 Å². The van der Waals surface area contributed by atoms with Crippen LogP contribution in [0.25, 0.3) is 16.6 Å². The fraction of sp³-hybridized carbons (Fsp3) is 0.407. The van der Waals surface area contributed by atoms with Crippen LogP contribution in [0.1, 0.15) is 53.9 Å². The maximum atomic E-state index is 14.2. The first-order valence-electron chi connectivity index (χ1n) is 11.8. The lowest BCUT2D eigenvalue weighted by Crippen LogP contribution is -2.25. The number of carbonyl (C=O) groups excluding carboxylic acids is 1. The molecule has 1 aromatic carbocycles. The number of methoxy groups -OCH3 is 1. The molecule has 0 radical (unpaired) electrons. The summed E-state index contributed by atoms with van der Waals surface area (Å²) in [6, 6.07) is 7.58. The van der Waals surface area contributed by atoms with Crippen LogP contribution in [-0.4, -0.2) is 42.1 Å². The van der Waals surface area contributed by atoms with Crippen LogP contribution in [0.5, 0.6) is 11.5 Å². The van der Waals surface area contributed by atoms with Gasteiger partial charge in [-0.05, 0) is 47.7 Å². The van der Waals surface area contributed by atoms with E-state index in [1.165, 1.54) is 25.5 Å². The van der Waals surface area contributed by atoms with Crippen LogP contribution >= 0.6 is 0 Å². The van der Waals surface area contributed by atoms with Gasteiger partial charge in [0.15, 0.2) is 5.78 Å². The maximum Gasteiger partial charge on any atom is 0.257 e. The molecule has 3 aromatic rings. The summed E-state index contributed by atoms with van der Waals surface area (Å²) in [7, 11) is 1.51. The minimum absolute atomic E-state index is 0.109. The number of benzene rings is 1. The molecule has 2 fully saturated rings. The van der Waals surface area contributed by atoms with E-state index in [9.17, 15) is 9.18 Å². The molecule has 0 N–H and O–H groups in total. The van der Waals surface area contributed by atoms with Crippen LogP contribution in [0.15, 0.2) is 49.3 Å². The van der Waals surface area contributed by atoms with E-state index < -0.39 is 6.36 Å². The van der Waals surface area contributed by atoms with Crippen molar-refractivity contribution < 1.29 is 23.4 Å². The van der Waals surface area contributed by atoms with E-state index in [0.717, 1.165) is 54.7 Å². The van der Waals surface area contributed by atoms with Gasteiger partial charge in [0.05, 0.1) is 32.0 Å². The van der Waals surface area contributed by atoms with Crippen LogP contribution in [0.3, 0.4) is 0 Å². The summed E-state index contributed by atoms with van der Waals surface area (Å²) in [6.07, 6.45) is 7.79. The average Bonchev–Trinajstić information content (AvgIpc) is 3.53. The summed E-state index contributed by atoms with van der Waals surface area (Å²) in [5.74, 6) is 1.55. The molecule has 3 heterocycles. The molecule has 1 saturated heterocycles. The highest BCUT2D eigenvalue weighted by molar-refractivity contribution is 6.02. The van der Waals surface area contributed by atoms with Crippen molar-refractivity contribution in [3.05, 3.63) is 60.4 Å². The number of hydrogen-bond acceptors (Lipinski definition) is 5. The lowest BCUT2D eigenvalue weighted by atomic mass is 9.97. The van der Waals surface area contributed by atoms with E-state index in [1.54, 1.807) is 18.3 Å². The first kappa shape index (κ1) is 22.6. The second-order valence-corrected chi connectivity index (χ2v) is 9.10. The van der Waals surface area contributed by atoms with Gasteiger partial charge in [0.25, 0.3) is 6.36 Å². The number of rotatable bonds is 11.